The van der Waals surface area contributed by atoms with Crippen LogP contribution in [0.4, 0.5) is 0 Å². The van der Waals surface area contributed by atoms with Crippen LogP contribution >= 0.6 is 15.9 Å². The molecule has 1 amide bonds. The summed E-state index contributed by atoms with van der Waals surface area (Å²) in [5.41, 5.74) is 0.674. The SMILES string of the molecule is O=C(NCC1CCC(O)CC1)c1ccccc1Br. The Hall–Kier alpha value is -0.870. The van der Waals surface area contributed by atoms with Gasteiger partial charge < -0.3 is 10.4 Å². The Morgan fingerprint density at radius 1 is 1.28 bits per heavy atom. The van der Waals surface area contributed by atoms with E-state index in [-0.39, 0.29) is 12.0 Å². The van der Waals surface area contributed by atoms with Gasteiger partial charge in [-0.3, -0.25) is 4.79 Å². The maximum Gasteiger partial charge on any atom is 0.252 e. The van der Waals surface area contributed by atoms with Gasteiger partial charge in [0.05, 0.1) is 11.7 Å². The Morgan fingerprint density at radius 3 is 2.61 bits per heavy atom. The Morgan fingerprint density at radius 2 is 1.94 bits per heavy atom. The first-order valence-corrected chi connectivity index (χ1v) is 7.17. The number of hydrogen-bond donors (Lipinski definition) is 2. The van der Waals surface area contributed by atoms with E-state index in [1.165, 1.54) is 0 Å². The van der Waals surface area contributed by atoms with E-state index in [1.54, 1.807) is 0 Å². The zero-order valence-corrected chi connectivity index (χ0v) is 11.8. The van der Waals surface area contributed by atoms with E-state index >= 15 is 0 Å². The van der Waals surface area contributed by atoms with E-state index in [1.807, 2.05) is 24.3 Å². The van der Waals surface area contributed by atoms with Crippen LogP contribution < -0.4 is 5.32 Å². The van der Waals surface area contributed by atoms with Crippen molar-refractivity contribution in [1.82, 2.24) is 5.32 Å². The van der Waals surface area contributed by atoms with Crippen molar-refractivity contribution in [2.24, 2.45) is 5.92 Å². The van der Waals surface area contributed by atoms with Crippen LogP contribution in [0.1, 0.15) is 36.0 Å². The van der Waals surface area contributed by atoms with Gasteiger partial charge in [0.15, 0.2) is 0 Å². The minimum Gasteiger partial charge on any atom is -0.393 e. The van der Waals surface area contributed by atoms with Crippen molar-refractivity contribution in [3.8, 4) is 0 Å². The minimum absolute atomic E-state index is 0.0337. The molecule has 1 aromatic carbocycles. The van der Waals surface area contributed by atoms with E-state index in [4.69, 9.17) is 0 Å². The second kappa shape index (κ2) is 6.34. The third-order valence-corrected chi connectivity index (χ3v) is 4.18. The maximum absolute atomic E-state index is 12.0. The quantitative estimate of drug-likeness (QED) is 0.901. The highest BCUT2D eigenvalue weighted by molar-refractivity contribution is 9.10. The molecule has 0 aromatic heterocycles. The standard InChI is InChI=1S/C14H18BrNO2/c15-13-4-2-1-3-12(13)14(18)16-9-10-5-7-11(17)8-6-10/h1-4,10-11,17H,5-9H2,(H,16,18). The molecule has 4 heteroatoms. The summed E-state index contributed by atoms with van der Waals surface area (Å²) in [7, 11) is 0. The van der Waals surface area contributed by atoms with Crippen molar-refractivity contribution in [1.29, 1.82) is 0 Å². The fourth-order valence-electron chi connectivity index (χ4n) is 2.33. The molecule has 0 bridgehead atoms. The summed E-state index contributed by atoms with van der Waals surface area (Å²) >= 11 is 3.38. The second-order valence-corrected chi connectivity index (χ2v) is 5.72. The molecule has 2 rings (SSSR count). The van der Waals surface area contributed by atoms with Crippen molar-refractivity contribution in [3.63, 3.8) is 0 Å². The predicted octanol–water partition coefficient (Wildman–Crippen LogP) is 2.73. The monoisotopic (exact) mass is 311 g/mol. The maximum atomic E-state index is 12.0. The molecule has 3 nitrogen and oxygen atoms in total. The first-order chi connectivity index (χ1) is 8.66. The number of carbonyl (C=O) groups is 1. The van der Waals surface area contributed by atoms with Gasteiger partial charge in [0.2, 0.25) is 0 Å². The number of aliphatic hydroxyl groups excluding tert-OH is 1. The van der Waals surface area contributed by atoms with E-state index in [9.17, 15) is 9.90 Å². The first-order valence-electron chi connectivity index (χ1n) is 6.37. The molecular formula is C14H18BrNO2. The van der Waals surface area contributed by atoms with Crippen LogP contribution in [-0.4, -0.2) is 23.7 Å². The summed E-state index contributed by atoms with van der Waals surface area (Å²) in [5, 5.41) is 12.4. The average molecular weight is 312 g/mol. The molecule has 0 radical (unpaired) electrons. The summed E-state index contributed by atoms with van der Waals surface area (Å²) in [6.07, 6.45) is 3.57. The number of rotatable bonds is 3. The van der Waals surface area contributed by atoms with Crippen LogP contribution in [0.5, 0.6) is 0 Å². The second-order valence-electron chi connectivity index (χ2n) is 4.86. The van der Waals surface area contributed by atoms with Crippen LogP contribution in [0, 0.1) is 5.92 Å². The Bertz CT molecular complexity index is 414. The van der Waals surface area contributed by atoms with Gasteiger partial charge in [-0.1, -0.05) is 12.1 Å². The van der Waals surface area contributed by atoms with Gasteiger partial charge in [0, 0.05) is 11.0 Å². The largest absolute Gasteiger partial charge is 0.393 e. The fourth-order valence-corrected chi connectivity index (χ4v) is 2.79. The topological polar surface area (TPSA) is 49.3 Å². The van der Waals surface area contributed by atoms with Crippen molar-refractivity contribution >= 4 is 21.8 Å². The molecule has 0 atom stereocenters. The van der Waals surface area contributed by atoms with Crippen molar-refractivity contribution in [2.75, 3.05) is 6.54 Å². The van der Waals surface area contributed by atoms with Crippen molar-refractivity contribution in [3.05, 3.63) is 34.3 Å². The number of nitrogens with one attached hydrogen (secondary N) is 1. The van der Waals surface area contributed by atoms with Gasteiger partial charge in [-0.15, -0.1) is 0 Å². The van der Waals surface area contributed by atoms with Crippen LogP contribution in [0.15, 0.2) is 28.7 Å². The number of amides is 1. The first kappa shape index (κ1) is 13.6. The number of halogens is 1. The molecule has 1 aromatic rings. The number of benzene rings is 1. The van der Waals surface area contributed by atoms with E-state index in [2.05, 4.69) is 21.2 Å². The van der Waals surface area contributed by atoms with Crippen LogP contribution in [0.3, 0.4) is 0 Å². The average Bonchev–Trinajstić information content (AvgIpc) is 2.38. The van der Waals surface area contributed by atoms with E-state index in [0.717, 1.165) is 30.2 Å². The number of hydrogen-bond acceptors (Lipinski definition) is 2. The Labute approximate surface area is 116 Å². The summed E-state index contributed by atoms with van der Waals surface area (Å²) in [4.78, 5) is 12.0. The lowest BCUT2D eigenvalue weighted by atomic mass is 9.87. The van der Waals surface area contributed by atoms with Crippen molar-refractivity contribution < 1.29 is 9.90 Å². The highest BCUT2D eigenvalue weighted by Gasteiger charge is 2.20. The number of aliphatic hydroxyl groups is 1. The fraction of sp³-hybridized carbons (Fsp3) is 0.500. The molecule has 0 aliphatic heterocycles. The third kappa shape index (κ3) is 3.56. The molecule has 0 heterocycles. The highest BCUT2D eigenvalue weighted by Crippen LogP contribution is 2.23. The zero-order chi connectivity index (χ0) is 13.0. The molecule has 98 valence electrons. The van der Waals surface area contributed by atoms with Crippen LogP contribution in [0.25, 0.3) is 0 Å². The normalized spacial score (nSPS) is 23.7. The third-order valence-electron chi connectivity index (χ3n) is 3.49. The molecular weight excluding hydrogens is 294 g/mol. The smallest absolute Gasteiger partial charge is 0.252 e. The lowest BCUT2D eigenvalue weighted by Gasteiger charge is -2.25. The Balaban J connectivity index is 1.84. The highest BCUT2D eigenvalue weighted by atomic mass is 79.9. The summed E-state index contributed by atoms with van der Waals surface area (Å²) < 4.78 is 0.821. The van der Waals surface area contributed by atoms with Crippen molar-refractivity contribution in [2.45, 2.75) is 31.8 Å². The molecule has 1 fully saturated rings. The molecule has 2 N–H and O–H groups in total. The minimum atomic E-state index is -0.139. The Kier molecular flexibility index (Phi) is 4.78. The lowest BCUT2D eigenvalue weighted by Crippen LogP contribution is -2.32. The van der Waals surface area contributed by atoms with Gasteiger partial charge >= 0.3 is 0 Å². The molecule has 1 saturated carbocycles. The van der Waals surface area contributed by atoms with Crippen LogP contribution in [0.2, 0.25) is 0 Å². The zero-order valence-electron chi connectivity index (χ0n) is 10.2. The van der Waals surface area contributed by atoms with Gasteiger partial charge in [-0.25, -0.2) is 0 Å². The molecule has 0 unspecified atom stereocenters. The van der Waals surface area contributed by atoms with E-state index < -0.39 is 0 Å². The molecule has 1 aliphatic carbocycles. The summed E-state index contributed by atoms with van der Waals surface area (Å²) in [6, 6.07) is 7.43. The predicted molar refractivity (Wildman–Crippen MR) is 74.4 cm³/mol. The molecule has 1 aliphatic rings. The molecule has 0 spiro atoms. The van der Waals surface area contributed by atoms with Crippen LogP contribution in [-0.2, 0) is 0 Å². The van der Waals surface area contributed by atoms with E-state index in [0.29, 0.717) is 18.0 Å². The summed E-state index contributed by atoms with van der Waals surface area (Å²) in [6.45, 7) is 0.701. The van der Waals surface area contributed by atoms with Gasteiger partial charge in [-0.2, -0.15) is 0 Å². The summed E-state index contributed by atoms with van der Waals surface area (Å²) in [5.74, 6) is 0.466. The van der Waals surface area contributed by atoms with Gasteiger partial charge in [0.25, 0.3) is 5.91 Å². The molecule has 18 heavy (non-hydrogen) atoms. The lowest BCUT2D eigenvalue weighted by molar-refractivity contribution is 0.0909. The van der Waals surface area contributed by atoms with Gasteiger partial charge in [0.1, 0.15) is 0 Å². The number of carbonyl (C=O) groups excluding carboxylic acids is 1. The van der Waals surface area contributed by atoms with Gasteiger partial charge in [-0.05, 0) is 59.7 Å². The molecule has 0 saturated heterocycles.